The summed E-state index contributed by atoms with van der Waals surface area (Å²) in [6, 6.07) is 3.71. The molecule has 5 nitrogen and oxygen atoms in total. The highest BCUT2D eigenvalue weighted by atomic mass is 16.7. The molecule has 1 fully saturated rings. The Morgan fingerprint density at radius 2 is 1.70 bits per heavy atom. The van der Waals surface area contributed by atoms with Crippen LogP contribution in [-0.4, -0.2) is 38.5 Å². The Bertz CT molecular complexity index is 568. The maximum Gasteiger partial charge on any atom is 0.494 e. The summed E-state index contributed by atoms with van der Waals surface area (Å²) in [5.41, 5.74) is 1.31. The first-order valence-corrected chi connectivity index (χ1v) is 7.81. The van der Waals surface area contributed by atoms with Gasteiger partial charge in [-0.15, -0.1) is 0 Å². The molecule has 1 aliphatic heterocycles. The van der Waals surface area contributed by atoms with E-state index in [9.17, 15) is 4.79 Å². The zero-order valence-corrected chi connectivity index (χ0v) is 15.0. The molecule has 1 aromatic rings. The van der Waals surface area contributed by atoms with Gasteiger partial charge in [-0.3, -0.25) is 0 Å². The zero-order chi connectivity index (χ0) is 17.4. The second-order valence-electron chi connectivity index (χ2n) is 6.69. The smallest absolute Gasteiger partial charge is 0.494 e. The van der Waals surface area contributed by atoms with Gasteiger partial charge >= 0.3 is 13.1 Å². The van der Waals surface area contributed by atoms with Crippen molar-refractivity contribution in [3.63, 3.8) is 0 Å². The molecule has 0 unspecified atom stereocenters. The van der Waals surface area contributed by atoms with Gasteiger partial charge in [0.15, 0.2) is 0 Å². The predicted octanol–water partition coefficient (Wildman–Crippen LogP) is 2.34. The van der Waals surface area contributed by atoms with E-state index in [0.717, 1.165) is 11.0 Å². The van der Waals surface area contributed by atoms with Crippen LogP contribution in [0.4, 0.5) is 0 Å². The summed E-state index contributed by atoms with van der Waals surface area (Å²) in [5, 5.41) is 0. The van der Waals surface area contributed by atoms with Crippen molar-refractivity contribution in [2.75, 3.05) is 14.2 Å². The first-order valence-electron chi connectivity index (χ1n) is 7.81. The number of hydrogen-bond donors (Lipinski definition) is 0. The predicted molar refractivity (Wildman–Crippen MR) is 89.4 cm³/mol. The molecule has 6 heteroatoms. The molecule has 0 spiro atoms. The van der Waals surface area contributed by atoms with Crippen LogP contribution in [-0.2, 0) is 20.5 Å². The number of benzene rings is 1. The zero-order valence-electron chi connectivity index (χ0n) is 15.0. The molecule has 1 saturated heterocycles. The highest BCUT2D eigenvalue weighted by molar-refractivity contribution is 6.62. The molecule has 2 rings (SSSR count). The molecule has 0 saturated carbocycles. The van der Waals surface area contributed by atoms with Crippen molar-refractivity contribution in [3.8, 4) is 5.75 Å². The molecule has 0 aliphatic carbocycles. The second-order valence-corrected chi connectivity index (χ2v) is 6.69. The normalized spacial score (nSPS) is 18.8. The summed E-state index contributed by atoms with van der Waals surface area (Å²) >= 11 is 0. The number of ether oxygens (including phenoxy) is 2. The van der Waals surface area contributed by atoms with Crippen LogP contribution < -0.4 is 10.2 Å². The fraction of sp³-hybridized carbons (Fsp3) is 0.588. The summed E-state index contributed by atoms with van der Waals surface area (Å²) in [4.78, 5) is 12.0. The Balaban J connectivity index is 2.48. The summed E-state index contributed by atoms with van der Waals surface area (Å²) < 4.78 is 22.4. The average Bonchev–Trinajstić information content (AvgIpc) is 2.73. The van der Waals surface area contributed by atoms with E-state index in [1.54, 1.807) is 6.07 Å². The van der Waals surface area contributed by atoms with Gasteiger partial charge in [-0.25, -0.2) is 4.79 Å². The summed E-state index contributed by atoms with van der Waals surface area (Å²) in [7, 11) is 2.41. The van der Waals surface area contributed by atoms with E-state index >= 15 is 0 Å². The van der Waals surface area contributed by atoms with Gasteiger partial charge in [-0.2, -0.15) is 0 Å². The molecule has 0 amide bonds. The number of carbonyl (C=O) groups excluding carboxylic acids is 1. The lowest BCUT2D eigenvalue weighted by Gasteiger charge is -2.32. The molecular weight excluding hydrogens is 295 g/mol. The third kappa shape index (κ3) is 3.10. The quantitative estimate of drug-likeness (QED) is 0.630. The molecule has 0 aromatic heterocycles. The van der Waals surface area contributed by atoms with Gasteiger partial charge in [-0.05, 0) is 51.2 Å². The van der Waals surface area contributed by atoms with Crippen LogP contribution in [0.2, 0.25) is 0 Å². The van der Waals surface area contributed by atoms with Crippen molar-refractivity contribution in [2.24, 2.45) is 0 Å². The number of esters is 1. The van der Waals surface area contributed by atoms with Crippen molar-refractivity contribution >= 4 is 18.6 Å². The number of carbonyl (C=O) groups is 1. The van der Waals surface area contributed by atoms with Gasteiger partial charge in [-0.1, -0.05) is 13.0 Å². The molecule has 1 aliphatic rings. The Kier molecular flexibility index (Phi) is 4.78. The van der Waals surface area contributed by atoms with Crippen molar-refractivity contribution < 1.29 is 23.6 Å². The standard InChI is InChI=1S/C17H25BO5/c1-8-11-9-12(10-13(20-6)14(11)15(19)21-7)18-22-16(2,3)17(4,5)23-18/h9-10H,8H2,1-7H3. The molecule has 0 atom stereocenters. The molecule has 0 N–H and O–H groups in total. The highest BCUT2D eigenvalue weighted by Gasteiger charge is 2.52. The second kappa shape index (κ2) is 6.17. The van der Waals surface area contributed by atoms with Crippen LogP contribution in [0.25, 0.3) is 0 Å². The van der Waals surface area contributed by atoms with Gasteiger partial charge in [0.2, 0.25) is 0 Å². The first-order chi connectivity index (χ1) is 10.7. The Morgan fingerprint density at radius 3 is 2.13 bits per heavy atom. The number of methoxy groups -OCH3 is 2. The third-order valence-corrected chi connectivity index (χ3v) is 4.72. The lowest BCUT2D eigenvalue weighted by molar-refractivity contribution is 0.00578. The van der Waals surface area contributed by atoms with Crippen LogP contribution in [0.5, 0.6) is 5.75 Å². The van der Waals surface area contributed by atoms with E-state index in [0.29, 0.717) is 17.7 Å². The lowest BCUT2D eigenvalue weighted by Crippen LogP contribution is -2.41. The van der Waals surface area contributed by atoms with Crippen molar-refractivity contribution in [3.05, 3.63) is 23.3 Å². The van der Waals surface area contributed by atoms with Crippen molar-refractivity contribution in [1.29, 1.82) is 0 Å². The number of aryl methyl sites for hydroxylation is 1. The van der Waals surface area contributed by atoms with Crippen molar-refractivity contribution in [1.82, 2.24) is 0 Å². The number of rotatable bonds is 4. The van der Waals surface area contributed by atoms with Gasteiger partial charge in [0.05, 0.1) is 25.4 Å². The minimum atomic E-state index is -0.495. The van der Waals surface area contributed by atoms with E-state index in [1.165, 1.54) is 14.2 Å². The monoisotopic (exact) mass is 320 g/mol. The minimum absolute atomic E-state index is 0.404. The van der Waals surface area contributed by atoms with Crippen LogP contribution in [0, 0.1) is 0 Å². The fourth-order valence-electron chi connectivity index (χ4n) is 2.59. The van der Waals surface area contributed by atoms with E-state index in [2.05, 4.69) is 0 Å². The number of hydrogen-bond acceptors (Lipinski definition) is 5. The Hall–Kier alpha value is -1.53. The fourth-order valence-corrected chi connectivity index (χ4v) is 2.59. The topological polar surface area (TPSA) is 54.0 Å². The van der Waals surface area contributed by atoms with Crippen molar-refractivity contribution in [2.45, 2.75) is 52.2 Å². The molecule has 0 radical (unpaired) electrons. The average molecular weight is 320 g/mol. The Morgan fingerprint density at radius 1 is 1.13 bits per heavy atom. The van der Waals surface area contributed by atoms with E-state index in [4.69, 9.17) is 18.8 Å². The summed E-state index contributed by atoms with van der Waals surface area (Å²) in [6.45, 7) is 10.0. The van der Waals surface area contributed by atoms with Crippen LogP contribution in [0.1, 0.15) is 50.5 Å². The largest absolute Gasteiger partial charge is 0.496 e. The van der Waals surface area contributed by atoms with Gasteiger partial charge in [0, 0.05) is 0 Å². The van der Waals surface area contributed by atoms with E-state index in [1.807, 2.05) is 40.7 Å². The molecule has 1 aromatic carbocycles. The van der Waals surface area contributed by atoms with Crippen LogP contribution in [0.15, 0.2) is 12.1 Å². The van der Waals surface area contributed by atoms with Gasteiger partial charge < -0.3 is 18.8 Å². The molecule has 1 heterocycles. The summed E-state index contributed by atoms with van der Waals surface area (Å²) in [5.74, 6) is 0.0695. The van der Waals surface area contributed by atoms with Crippen LogP contribution >= 0.6 is 0 Å². The van der Waals surface area contributed by atoms with Gasteiger partial charge in [0.1, 0.15) is 11.3 Å². The molecule has 126 valence electrons. The summed E-state index contributed by atoms with van der Waals surface area (Å²) in [6.07, 6.45) is 0.675. The highest BCUT2D eigenvalue weighted by Crippen LogP contribution is 2.37. The van der Waals surface area contributed by atoms with E-state index in [-0.39, 0.29) is 0 Å². The SMILES string of the molecule is CCc1cc(B2OC(C)(C)C(C)(C)O2)cc(OC)c1C(=O)OC. The molecule has 23 heavy (non-hydrogen) atoms. The third-order valence-electron chi connectivity index (χ3n) is 4.72. The lowest BCUT2D eigenvalue weighted by atomic mass is 9.77. The maximum absolute atomic E-state index is 12.0. The maximum atomic E-state index is 12.0. The van der Waals surface area contributed by atoms with Crippen LogP contribution in [0.3, 0.4) is 0 Å². The first kappa shape index (κ1) is 17.8. The Labute approximate surface area is 138 Å². The minimum Gasteiger partial charge on any atom is -0.496 e. The molecular formula is C17H25BO5. The molecule has 0 bridgehead atoms. The van der Waals surface area contributed by atoms with E-state index < -0.39 is 24.3 Å². The van der Waals surface area contributed by atoms with Gasteiger partial charge in [0.25, 0.3) is 0 Å².